The molecular formula is C8H18OPb. The first-order chi connectivity index (χ1) is 4.63. The second kappa shape index (κ2) is 4.47. The monoisotopic (exact) mass is 338 g/mol. The fraction of sp³-hybridized carbons (Fsp3) is 0.875. The van der Waals surface area contributed by atoms with Crippen LogP contribution >= 0.6 is 0 Å². The molecule has 0 saturated heterocycles. The van der Waals surface area contributed by atoms with Crippen molar-refractivity contribution in [2.45, 2.75) is 39.6 Å². The van der Waals surface area contributed by atoms with E-state index in [0.717, 1.165) is 0 Å². The fourth-order valence-corrected chi connectivity index (χ4v) is 13.1. The number of hydrogen-bond donors (Lipinski definition) is 0. The maximum absolute atomic E-state index is 11.3. The van der Waals surface area contributed by atoms with Gasteiger partial charge in [-0.3, -0.25) is 0 Å². The zero-order chi connectivity index (χ0) is 8.20. The van der Waals surface area contributed by atoms with Crippen LogP contribution in [0.1, 0.15) is 27.7 Å². The zero-order valence-corrected chi connectivity index (χ0v) is 11.4. The first-order valence-electron chi connectivity index (χ1n) is 4.14. The summed E-state index contributed by atoms with van der Waals surface area (Å²) >= 11 is -2.29. The number of carbonyl (C=O) groups excluding carboxylic acids is 1. The van der Waals surface area contributed by atoms with Crippen molar-refractivity contribution >= 4 is 24.5 Å². The number of hydrogen-bond acceptors (Lipinski definition) is 1. The first-order valence-corrected chi connectivity index (χ1v) is 14.3. The van der Waals surface area contributed by atoms with E-state index in [-0.39, 0.29) is 0 Å². The van der Waals surface area contributed by atoms with E-state index >= 15 is 0 Å². The van der Waals surface area contributed by atoms with E-state index in [2.05, 4.69) is 20.8 Å². The molecule has 0 fully saturated rings. The topological polar surface area (TPSA) is 17.1 Å². The van der Waals surface area contributed by atoms with Crippen molar-refractivity contribution < 1.29 is 4.79 Å². The second-order valence-corrected chi connectivity index (χ2v) is 23.8. The van der Waals surface area contributed by atoms with Crippen molar-refractivity contribution in [3.05, 3.63) is 0 Å². The molecule has 0 aliphatic heterocycles. The molecule has 0 aromatic heterocycles. The van der Waals surface area contributed by atoms with Gasteiger partial charge in [-0.1, -0.05) is 0 Å². The summed E-state index contributed by atoms with van der Waals surface area (Å²) in [5.41, 5.74) is 0. The molecule has 10 heavy (non-hydrogen) atoms. The van der Waals surface area contributed by atoms with Crippen molar-refractivity contribution in [2.24, 2.45) is 0 Å². The Morgan fingerprint density at radius 3 is 1.40 bits per heavy atom. The van der Waals surface area contributed by atoms with Crippen LogP contribution in [0.2, 0.25) is 11.9 Å². The van der Waals surface area contributed by atoms with Gasteiger partial charge in [0.1, 0.15) is 0 Å². The Morgan fingerprint density at radius 2 is 1.40 bits per heavy atom. The molecule has 0 rings (SSSR count). The van der Waals surface area contributed by atoms with Gasteiger partial charge in [-0.05, 0) is 0 Å². The molecule has 0 atom stereocenters. The summed E-state index contributed by atoms with van der Waals surface area (Å²) in [5, 5.41) is 0. The molecule has 0 radical (unpaired) electrons. The van der Waals surface area contributed by atoms with E-state index < -0.39 is 21.2 Å². The molecular weight excluding hydrogens is 319 g/mol. The standard InChI is InChI=1S/C2H3O.3C2H5.Pb/c1-2-3;3*1-2;/h1H3;3*1H2,2H3;. The molecule has 0 N–H and O–H groups in total. The predicted molar refractivity (Wildman–Crippen MR) is 47.9 cm³/mol. The Kier molecular flexibility index (Phi) is 4.73. The van der Waals surface area contributed by atoms with Gasteiger partial charge < -0.3 is 0 Å². The molecule has 0 aliphatic carbocycles. The van der Waals surface area contributed by atoms with Crippen LogP contribution in [0.4, 0.5) is 0 Å². The van der Waals surface area contributed by atoms with Crippen molar-refractivity contribution in [3.63, 3.8) is 0 Å². The van der Waals surface area contributed by atoms with Crippen LogP contribution < -0.4 is 0 Å². The van der Waals surface area contributed by atoms with Gasteiger partial charge >= 0.3 is 68.9 Å². The predicted octanol–water partition coefficient (Wildman–Crippen LogP) is 2.62. The molecule has 0 unspecified atom stereocenters. The van der Waals surface area contributed by atoms with Crippen LogP contribution in [0.25, 0.3) is 0 Å². The molecule has 0 heterocycles. The van der Waals surface area contributed by atoms with Gasteiger partial charge in [-0.2, -0.15) is 0 Å². The summed E-state index contributed by atoms with van der Waals surface area (Å²) in [5.74, 6) is 0. The third-order valence-corrected chi connectivity index (χ3v) is 24.4. The summed E-state index contributed by atoms with van der Waals surface area (Å²) in [6.45, 7) is 8.37. The Bertz CT molecular complexity index is 108. The van der Waals surface area contributed by atoms with Gasteiger partial charge in [0.25, 0.3) is 0 Å². The van der Waals surface area contributed by atoms with Crippen molar-refractivity contribution in [1.82, 2.24) is 0 Å². The van der Waals surface area contributed by atoms with Gasteiger partial charge in [0, 0.05) is 0 Å². The van der Waals surface area contributed by atoms with Crippen molar-refractivity contribution in [1.29, 1.82) is 0 Å². The second-order valence-electron chi connectivity index (χ2n) is 2.90. The molecule has 0 aromatic rings. The number of carbonyl (C=O) groups is 1. The molecule has 0 saturated carbocycles. The van der Waals surface area contributed by atoms with Crippen molar-refractivity contribution in [2.75, 3.05) is 0 Å². The Hall–Kier alpha value is 0.592. The van der Waals surface area contributed by atoms with E-state index in [1.807, 2.05) is 0 Å². The average Bonchev–Trinajstić information content (AvgIpc) is 1.92. The van der Waals surface area contributed by atoms with E-state index in [1.165, 1.54) is 11.9 Å². The van der Waals surface area contributed by atoms with E-state index in [9.17, 15) is 4.79 Å². The summed E-state index contributed by atoms with van der Waals surface area (Å²) < 4.78 is 4.18. The normalized spacial score (nSPS) is 11.6. The summed E-state index contributed by atoms with van der Waals surface area (Å²) in [6, 6.07) is 0. The van der Waals surface area contributed by atoms with Gasteiger partial charge in [-0.15, -0.1) is 0 Å². The molecule has 0 spiro atoms. The maximum atomic E-state index is 11.3. The van der Waals surface area contributed by atoms with E-state index in [1.54, 1.807) is 6.92 Å². The summed E-state index contributed by atoms with van der Waals surface area (Å²) in [7, 11) is 0. The molecule has 0 amide bonds. The first kappa shape index (κ1) is 10.6. The SMILES string of the molecule is C[CH2][Pb]([CH2]C)([CH2]C)[C](C)=O. The van der Waals surface area contributed by atoms with E-state index in [0.29, 0.717) is 3.34 Å². The molecule has 60 valence electrons. The minimum atomic E-state index is -2.29. The quantitative estimate of drug-likeness (QED) is 0.721. The van der Waals surface area contributed by atoms with E-state index in [4.69, 9.17) is 0 Å². The van der Waals surface area contributed by atoms with Crippen LogP contribution in [0.3, 0.4) is 0 Å². The summed E-state index contributed by atoms with van der Waals surface area (Å²) in [4.78, 5) is 11.3. The van der Waals surface area contributed by atoms with Gasteiger partial charge in [0.05, 0.1) is 0 Å². The average molecular weight is 337 g/mol. The van der Waals surface area contributed by atoms with Gasteiger partial charge in [-0.25, -0.2) is 0 Å². The van der Waals surface area contributed by atoms with Crippen molar-refractivity contribution in [3.8, 4) is 0 Å². The van der Waals surface area contributed by atoms with Gasteiger partial charge in [0.2, 0.25) is 0 Å². The van der Waals surface area contributed by atoms with Crippen LogP contribution in [0, 0.1) is 0 Å². The Labute approximate surface area is 68.9 Å². The third-order valence-electron chi connectivity index (χ3n) is 2.78. The molecule has 2 heteroatoms. The fourth-order valence-electron chi connectivity index (χ4n) is 1.50. The van der Waals surface area contributed by atoms with Crippen LogP contribution in [0.15, 0.2) is 0 Å². The molecule has 0 aromatic carbocycles. The zero-order valence-electron chi connectivity index (χ0n) is 7.53. The summed E-state index contributed by atoms with van der Waals surface area (Å²) in [6.07, 6.45) is 0. The van der Waals surface area contributed by atoms with Crippen LogP contribution in [-0.4, -0.2) is 24.5 Å². The number of rotatable bonds is 4. The van der Waals surface area contributed by atoms with Crippen LogP contribution in [-0.2, 0) is 4.79 Å². The van der Waals surface area contributed by atoms with Gasteiger partial charge in [0.15, 0.2) is 0 Å². The molecule has 0 bridgehead atoms. The Morgan fingerprint density at radius 1 is 1.10 bits per heavy atom. The minimum absolute atomic E-state index is 0.569. The molecule has 0 aliphatic rings. The third kappa shape index (κ3) is 2.04. The molecule has 1 nitrogen and oxygen atoms in total. The Balaban J connectivity index is 4.31. The van der Waals surface area contributed by atoms with Crippen LogP contribution in [0.5, 0.6) is 0 Å².